The van der Waals surface area contributed by atoms with Gasteiger partial charge in [-0.2, -0.15) is 5.10 Å². The molecule has 3 aromatic rings. The molecule has 1 N–H and O–H groups in total. The number of fused-ring (bicyclic) bond motifs is 1. The summed E-state index contributed by atoms with van der Waals surface area (Å²) in [5.41, 5.74) is 2.92. The Morgan fingerprint density at radius 2 is 2.08 bits per heavy atom. The van der Waals surface area contributed by atoms with E-state index in [4.69, 9.17) is 4.74 Å². The quantitative estimate of drug-likeness (QED) is 0.796. The lowest BCUT2D eigenvalue weighted by molar-refractivity contribution is -0.115. The molecule has 6 heteroatoms. The molecule has 1 fully saturated rings. The Morgan fingerprint density at radius 3 is 2.92 bits per heavy atom. The molecule has 1 amide bonds. The van der Waals surface area contributed by atoms with Gasteiger partial charge in [0.15, 0.2) is 0 Å². The van der Waals surface area contributed by atoms with Crippen LogP contribution in [0.1, 0.15) is 24.4 Å². The first-order valence-corrected chi connectivity index (χ1v) is 8.65. The van der Waals surface area contributed by atoms with Gasteiger partial charge < -0.3 is 14.6 Å². The molecule has 0 radical (unpaired) electrons. The molecule has 0 spiro atoms. The fourth-order valence-corrected chi connectivity index (χ4v) is 3.50. The van der Waals surface area contributed by atoms with Crippen LogP contribution in [-0.2, 0) is 23.0 Å². The zero-order valence-corrected chi connectivity index (χ0v) is 14.3. The molecule has 130 valence electrons. The Balaban J connectivity index is 1.44. The zero-order chi connectivity index (χ0) is 17.2. The Bertz CT molecular complexity index is 890. The van der Waals surface area contributed by atoms with Crippen LogP contribution in [-0.4, -0.2) is 33.5 Å². The highest BCUT2D eigenvalue weighted by atomic mass is 16.5. The van der Waals surface area contributed by atoms with Crippen LogP contribution < -0.4 is 5.32 Å². The predicted molar refractivity (Wildman–Crippen MR) is 96.6 cm³/mol. The molecule has 1 aliphatic rings. The zero-order valence-electron chi connectivity index (χ0n) is 14.3. The molecule has 25 heavy (non-hydrogen) atoms. The molecular weight excluding hydrogens is 316 g/mol. The maximum atomic E-state index is 12.4. The number of rotatable bonds is 4. The number of aryl methyl sites for hydroxylation is 1. The fraction of sp³-hybridized carbons (Fsp3) is 0.368. The minimum Gasteiger partial charge on any atom is -0.381 e. The molecule has 6 nitrogen and oxygen atoms in total. The molecule has 1 saturated heterocycles. The largest absolute Gasteiger partial charge is 0.381 e. The third-order valence-electron chi connectivity index (χ3n) is 4.78. The van der Waals surface area contributed by atoms with E-state index in [1.165, 1.54) is 0 Å². The van der Waals surface area contributed by atoms with Crippen molar-refractivity contribution in [2.45, 2.75) is 25.3 Å². The van der Waals surface area contributed by atoms with Gasteiger partial charge in [0.25, 0.3) is 0 Å². The van der Waals surface area contributed by atoms with Crippen molar-refractivity contribution in [2.75, 3.05) is 18.5 Å². The van der Waals surface area contributed by atoms with Gasteiger partial charge in [-0.15, -0.1) is 0 Å². The Kier molecular flexibility index (Phi) is 4.28. The number of nitrogens with one attached hydrogen (secondary N) is 1. The topological polar surface area (TPSA) is 61.1 Å². The second-order valence-corrected chi connectivity index (χ2v) is 6.56. The Morgan fingerprint density at radius 1 is 1.28 bits per heavy atom. The summed E-state index contributed by atoms with van der Waals surface area (Å²) in [5.74, 6) is -0.0251. The second-order valence-electron chi connectivity index (χ2n) is 6.56. The number of anilines is 1. The van der Waals surface area contributed by atoms with E-state index in [9.17, 15) is 4.79 Å². The van der Waals surface area contributed by atoms with E-state index in [0.29, 0.717) is 12.5 Å². The van der Waals surface area contributed by atoms with E-state index < -0.39 is 0 Å². The van der Waals surface area contributed by atoms with E-state index in [1.54, 1.807) is 6.20 Å². The molecule has 0 atom stereocenters. The van der Waals surface area contributed by atoms with Gasteiger partial charge in [-0.3, -0.25) is 9.48 Å². The van der Waals surface area contributed by atoms with Gasteiger partial charge in [0.2, 0.25) is 5.91 Å². The first-order chi connectivity index (χ1) is 12.2. The molecule has 2 aromatic heterocycles. The summed E-state index contributed by atoms with van der Waals surface area (Å²) in [5, 5.41) is 8.48. The van der Waals surface area contributed by atoms with Crippen molar-refractivity contribution in [1.82, 2.24) is 14.3 Å². The number of para-hydroxylation sites is 1. The van der Waals surface area contributed by atoms with E-state index >= 15 is 0 Å². The van der Waals surface area contributed by atoms with Gasteiger partial charge in [-0.1, -0.05) is 18.2 Å². The van der Waals surface area contributed by atoms with Crippen molar-refractivity contribution >= 4 is 22.5 Å². The summed E-state index contributed by atoms with van der Waals surface area (Å²) in [6.07, 6.45) is 7.93. The number of hydrogen-bond acceptors (Lipinski definition) is 3. The molecule has 0 saturated carbocycles. The third kappa shape index (κ3) is 3.30. The molecule has 1 aliphatic heterocycles. The second kappa shape index (κ2) is 6.72. The normalized spacial score (nSPS) is 15.6. The van der Waals surface area contributed by atoms with Crippen molar-refractivity contribution in [3.8, 4) is 0 Å². The summed E-state index contributed by atoms with van der Waals surface area (Å²) < 4.78 is 9.38. The van der Waals surface area contributed by atoms with Crippen molar-refractivity contribution in [1.29, 1.82) is 0 Å². The third-order valence-corrected chi connectivity index (χ3v) is 4.78. The number of carbonyl (C=O) groups excluding carboxylic acids is 1. The number of aromatic nitrogens is 3. The highest BCUT2D eigenvalue weighted by Crippen LogP contribution is 2.23. The number of amides is 1. The van der Waals surface area contributed by atoms with Crippen LogP contribution in [0.5, 0.6) is 0 Å². The molecule has 0 unspecified atom stereocenters. The molecule has 0 bridgehead atoms. The lowest BCUT2D eigenvalue weighted by Gasteiger charge is -2.22. The first-order valence-electron chi connectivity index (χ1n) is 8.65. The summed E-state index contributed by atoms with van der Waals surface area (Å²) in [6, 6.07) is 8.49. The van der Waals surface area contributed by atoms with E-state index in [-0.39, 0.29) is 5.91 Å². The standard InChI is InChI=1S/C19H22N4O2/c1-22-12-14(17-4-2-3-5-18(17)22)10-19(24)21-15-11-20-23(13-15)16-6-8-25-9-7-16/h2-5,11-13,16H,6-10H2,1H3,(H,21,24). The van der Waals surface area contributed by atoms with Gasteiger partial charge in [0, 0.05) is 43.6 Å². The highest BCUT2D eigenvalue weighted by molar-refractivity contribution is 5.95. The van der Waals surface area contributed by atoms with E-state index in [2.05, 4.69) is 27.1 Å². The van der Waals surface area contributed by atoms with Crippen LogP contribution in [0.4, 0.5) is 5.69 Å². The molecule has 3 heterocycles. The SMILES string of the molecule is Cn1cc(CC(=O)Nc2cnn(C3CCOCC3)c2)c2ccccc21. The van der Waals surface area contributed by atoms with Crippen molar-refractivity contribution in [2.24, 2.45) is 7.05 Å². The Hall–Kier alpha value is -2.60. The molecular formula is C19H22N4O2. The monoisotopic (exact) mass is 338 g/mol. The number of carbonyl (C=O) groups is 1. The van der Waals surface area contributed by atoms with Crippen LogP contribution in [0, 0.1) is 0 Å². The molecule has 4 rings (SSSR count). The summed E-state index contributed by atoms with van der Waals surface area (Å²) in [4.78, 5) is 12.4. The average molecular weight is 338 g/mol. The minimum atomic E-state index is -0.0251. The van der Waals surface area contributed by atoms with E-state index in [1.807, 2.05) is 36.3 Å². The van der Waals surface area contributed by atoms with Crippen molar-refractivity contribution in [3.63, 3.8) is 0 Å². The minimum absolute atomic E-state index is 0.0251. The van der Waals surface area contributed by atoms with Gasteiger partial charge in [0.05, 0.1) is 24.3 Å². The summed E-state index contributed by atoms with van der Waals surface area (Å²) >= 11 is 0. The number of ether oxygens (including phenoxy) is 1. The number of hydrogen-bond donors (Lipinski definition) is 1. The summed E-state index contributed by atoms with van der Waals surface area (Å²) in [6.45, 7) is 1.54. The van der Waals surface area contributed by atoms with Gasteiger partial charge >= 0.3 is 0 Å². The molecule has 0 aliphatic carbocycles. The van der Waals surface area contributed by atoms with Crippen LogP contribution in [0.25, 0.3) is 10.9 Å². The number of nitrogens with zero attached hydrogens (tertiary/aromatic N) is 3. The van der Waals surface area contributed by atoms with Crippen molar-refractivity contribution in [3.05, 3.63) is 48.4 Å². The number of benzene rings is 1. The van der Waals surface area contributed by atoms with Gasteiger partial charge in [0.1, 0.15) is 0 Å². The first kappa shape index (κ1) is 15.9. The predicted octanol–water partition coefficient (Wildman–Crippen LogP) is 2.91. The van der Waals surface area contributed by atoms with Crippen LogP contribution in [0.3, 0.4) is 0 Å². The van der Waals surface area contributed by atoms with Crippen molar-refractivity contribution < 1.29 is 9.53 Å². The lowest BCUT2D eigenvalue weighted by atomic mass is 10.1. The average Bonchev–Trinajstić information content (AvgIpc) is 3.21. The highest BCUT2D eigenvalue weighted by Gasteiger charge is 2.17. The van der Waals surface area contributed by atoms with Gasteiger partial charge in [-0.05, 0) is 24.5 Å². The molecule has 1 aromatic carbocycles. The van der Waals surface area contributed by atoms with E-state index in [0.717, 1.165) is 48.2 Å². The maximum absolute atomic E-state index is 12.4. The Labute approximate surface area is 146 Å². The smallest absolute Gasteiger partial charge is 0.228 e. The maximum Gasteiger partial charge on any atom is 0.228 e. The summed E-state index contributed by atoms with van der Waals surface area (Å²) in [7, 11) is 2.00. The van der Waals surface area contributed by atoms with Gasteiger partial charge in [-0.25, -0.2) is 0 Å². The van der Waals surface area contributed by atoms with Crippen LogP contribution in [0.15, 0.2) is 42.9 Å². The fourth-order valence-electron chi connectivity index (χ4n) is 3.50. The van der Waals surface area contributed by atoms with Crippen LogP contribution >= 0.6 is 0 Å². The van der Waals surface area contributed by atoms with Crippen LogP contribution in [0.2, 0.25) is 0 Å². The lowest BCUT2D eigenvalue weighted by Crippen LogP contribution is -2.20.